The number of nitrogens with zero attached hydrogens (tertiary/aromatic N) is 2. The highest BCUT2D eigenvalue weighted by Crippen LogP contribution is 2.38. The summed E-state index contributed by atoms with van der Waals surface area (Å²) in [6.45, 7) is 1.50. The summed E-state index contributed by atoms with van der Waals surface area (Å²) in [5.41, 5.74) is 0.166. The van der Waals surface area contributed by atoms with Crippen molar-refractivity contribution in [2.24, 2.45) is 4.99 Å². The number of aromatic nitrogens is 1. The Morgan fingerprint density at radius 2 is 2.06 bits per heavy atom. The summed E-state index contributed by atoms with van der Waals surface area (Å²) in [5, 5.41) is 2.35. The molecule has 3 aromatic rings. The molecule has 0 radical (unpaired) electrons. The monoisotopic (exact) mass is 519 g/mol. The smallest absolute Gasteiger partial charge is 0.449 e. The van der Waals surface area contributed by atoms with Crippen molar-refractivity contribution in [1.82, 2.24) is 4.98 Å². The number of fused-ring (bicyclic) bond motifs is 1. The van der Waals surface area contributed by atoms with E-state index in [1.54, 1.807) is 11.4 Å². The number of ether oxygens (including phenoxy) is 2. The van der Waals surface area contributed by atoms with Crippen molar-refractivity contribution in [1.29, 1.82) is 0 Å². The first kappa shape index (κ1) is 23.4. The number of carbonyl (C=O) groups excluding carboxylic acids is 1. The fraction of sp³-hybridized carbons (Fsp3) is 0.263. The number of rotatable bonds is 6. The van der Waals surface area contributed by atoms with Crippen molar-refractivity contribution < 1.29 is 35.9 Å². The Kier molecular flexibility index (Phi) is 6.09. The van der Waals surface area contributed by atoms with Crippen LogP contribution >= 0.6 is 23.1 Å². The second-order valence-electron chi connectivity index (χ2n) is 6.84. The molecule has 0 aliphatic carbocycles. The lowest BCUT2D eigenvalue weighted by atomic mass is 10.2. The summed E-state index contributed by atoms with van der Waals surface area (Å²) in [5.74, 6) is -1.03. The molecule has 1 atom stereocenters. The van der Waals surface area contributed by atoms with E-state index in [1.165, 1.54) is 37.9 Å². The summed E-state index contributed by atoms with van der Waals surface area (Å²) in [7, 11) is -2.78. The number of thiophene rings is 1. The fourth-order valence-corrected chi connectivity index (χ4v) is 6.51. The number of thioether (sulfide) groups is 1. The molecular weight excluding hydrogens is 503 g/mol. The van der Waals surface area contributed by atoms with Gasteiger partial charge in [-0.3, -0.25) is 14.1 Å². The Hall–Kier alpha value is -2.71. The van der Waals surface area contributed by atoms with Crippen LogP contribution in [0.15, 0.2) is 44.9 Å². The topological polar surface area (TPSA) is 101 Å². The average molecular weight is 520 g/mol. The molecule has 3 heterocycles. The molecule has 1 N–H and O–H groups in total. The number of H-pyrrole nitrogens is 1. The van der Waals surface area contributed by atoms with E-state index >= 15 is 0 Å². The van der Waals surface area contributed by atoms with E-state index in [0.29, 0.717) is 10.7 Å². The van der Waals surface area contributed by atoms with Crippen LogP contribution in [0.1, 0.15) is 12.6 Å². The number of aromatic amines is 1. The number of esters is 1. The Bertz CT molecular complexity index is 1330. The lowest BCUT2D eigenvalue weighted by molar-refractivity contribution is -0.274. The van der Waals surface area contributed by atoms with Gasteiger partial charge in [0.15, 0.2) is 5.44 Å². The molecule has 0 amide bonds. The first-order chi connectivity index (χ1) is 15.4. The van der Waals surface area contributed by atoms with Crippen LogP contribution in [0.25, 0.3) is 10.9 Å². The quantitative estimate of drug-likeness (QED) is 0.487. The van der Waals surface area contributed by atoms with Crippen LogP contribution in [0.2, 0.25) is 0 Å². The van der Waals surface area contributed by atoms with Gasteiger partial charge in [0.2, 0.25) is 0 Å². The number of anilines is 1. The highest BCUT2D eigenvalue weighted by atomic mass is 32.2. The van der Waals surface area contributed by atoms with Crippen LogP contribution < -0.4 is 9.04 Å². The minimum atomic E-state index is -4.96. The molecule has 4 rings (SSSR count). The minimum absolute atomic E-state index is 0.0343. The van der Waals surface area contributed by atoms with Crippen LogP contribution in [-0.4, -0.2) is 49.8 Å². The van der Waals surface area contributed by atoms with Crippen LogP contribution in [0.3, 0.4) is 0 Å². The highest BCUT2D eigenvalue weighted by molar-refractivity contribution is 8.15. The number of aliphatic imine (C=N–C) groups is 1. The number of hydrogen-bond donors (Lipinski definition) is 1. The fourth-order valence-electron chi connectivity index (χ4n) is 3.18. The number of halogens is 3. The molecule has 0 saturated carbocycles. The van der Waals surface area contributed by atoms with Gasteiger partial charge in [-0.2, -0.15) is 0 Å². The average Bonchev–Trinajstić information content (AvgIpc) is 3.45. The van der Waals surface area contributed by atoms with Gasteiger partial charge in [-0.25, -0.2) is 8.42 Å². The van der Waals surface area contributed by atoms with Gasteiger partial charge >= 0.3 is 12.3 Å². The second kappa shape index (κ2) is 8.57. The highest BCUT2D eigenvalue weighted by Gasteiger charge is 2.33. The second-order valence-corrected chi connectivity index (χ2v) is 11.1. The maximum absolute atomic E-state index is 13.0. The Morgan fingerprint density at radius 3 is 2.70 bits per heavy atom. The Balaban J connectivity index is 1.78. The molecule has 0 saturated heterocycles. The zero-order valence-corrected chi connectivity index (χ0v) is 19.5. The Labute approximate surface area is 194 Å². The molecule has 1 aliphatic heterocycles. The summed E-state index contributed by atoms with van der Waals surface area (Å²) < 4.78 is 74.9. The predicted octanol–water partition coefficient (Wildman–Crippen LogP) is 4.34. The van der Waals surface area contributed by atoms with Crippen molar-refractivity contribution in [2.75, 3.05) is 17.9 Å². The summed E-state index contributed by atoms with van der Waals surface area (Å²) in [4.78, 5) is 18.5. The van der Waals surface area contributed by atoms with E-state index in [2.05, 4.69) is 14.7 Å². The zero-order chi connectivity index (χ0) is 24.0. The molecule has 33 heavy (non-hydrogen) atoms. The zero-order valence-electron chi connectivity index (χ0n) is 17.0. The van der Waals surface area contributed by atoms with E-state index in [9.17, 15) is 26.4 Å². The number of alkyl halides is 3. The normalized spacial score (nSPS) is 16.6. The molecule has 0 spiro atoms. The van der Waals surface area contributed by atoms with E-state index in [-0.39, 0.29) is 27.3 Å². The van der Waals surface area contributed by atoms with Crippen LogP contribution in [0, 0.1) is 0 Å². The lowest BCUT2D eigenvalue weighted by Crippen LogP contribution is -2.26. The number of sulfonamides is 1. The van der Waals surface area contributed by atoms with Gasteiger partial charge in [0.05, 0.1) is 23.4 Å². The predicted molar refractivity (Wildman–Crippen MR) is 119 cm³/mol. The first-order valence-electron chi connectivity index (χ1n) is 9.28. The van der Waals surface area contributed by atoms with Gasteiger partial charge in [0, 0.05) is 25.4 Å². The molecule has 2 aromatic heterocycles. The summed E-state index contributed by atoms with van der Waals surface area (Å²) in [6.07, 6.45) is -4.96. The molecule has 8 nitrogen and oxygen atoms in total. The minimum Gasteiger partial charge on any atom is -0.449 e. The van der Waals surface area contributed by atoms with Gasteiger partial charge in [-0.1, -0.05) is 17.8 Å². The largest absolute Gasteiger partial charge is 0.573 e. The van der Waals surface area contributed by atoms with E-state index in [4.69, 9.17) is 4.74 Å². The third-order valence-corrected chi connectivity index (χ3v) is 8.74. The number of hydrogen-bond acceptors (Lipinski definition) is 8. The first-order valence-corrected chi connectivity index (χ1v) is 12.5. The molecule has 1 aliphatic rings. The number of carbonyl (C=O) groups is 1. The van der Waals surface area contributed by atoms with Crippen LogP contribution in [0.5, 0.6) is 5.75 Å². The van der Waals surface area contributed by atoms with Crippen molar-refractivity contribution in [3.63, 3.8) is 0 Å². The summed E-state index contributed by atoms with van der Waals surface area (Å²) >= 11 is 2.16. The molecule has 0 fully saturated rings. The van der Waals surface area contributed by atoms with Crippen molar-refractivity contribution >= 4 is 60.7 Å². The van der Waals surface area contributed by atoms with Crippen molar-refractivity contribution in [3.05, 3.63) is 41.4 Å². The van der Waals surface area contributed by atoms with Gasteiger partial charge in [-0.15, -0.1) is 24.5 Å². The van der Waals surface area contributed by atoms with Gasteiger partial charge in [-0.05, 0) is 23.6 Å². The SMILES string of the molecule is CC(=O)OC1CN=C(c2cc3cc(OC(F)(F)F)cc(N(C)S(=O)(=O)c4cccs4)c3[nH]2)S1. The third kappa shape index (κ3) is 4.96. The Morgan fingerprint density at radius 1 is 1.30 bits per heavy atom. The standard InChI is InChI=1S/C19H16F3N3O5S3/c1-10(26)29-15-9-23-18(32-15)13-7-11-6-12(30-19(20,21)22)8-14(17(11)24-13)25(2)33(27,28)16-4-3-5-31-16/h3-8,15,24H,9H2,1-2H3. The van der Waals surface area contributed by atoms with Crippen LogP contribution in [0.4, 0.5) is 18.9 Å². The van der Waals surface area contributed by atoms with Gasteiger partial charge < -0.3 is 14.5 Å². The van der Waals surface area contributed by atoms with Crippen molar-refractivity contribution in [2.45, 2.75) is 22.9 Å². The van der Waals surface area contributed by atoms with E-state index in [0.717, 1.165) is 27.8 Å². The third-order valence-electron chi connectivity index (χ3n) is 4.52. The maximum atomic E-state index is 13.0. The number of benzene rings is 1. The maximum Gasteiger partial charge on any atom is 0.573 e. The molecule has 0 bridgehead atoms. The molecule has 1 unspecified atom stereocenters. The number of nitrogens with one attached hydrogen (secondary N) is 1. The van der Waals surface area contributed by atoms with Gasteiger partial charge in [0.1, 0.15) is 15.0 Å². The lowest BCUT2D eigenvalue weighted by Gasteiger charge is -2.20. The molecule has 176 valence electrons. The van der Waals surface area contributed by atoms with Crippen LogP contribution in [-0.2, 0) is 19.6 Å². The molecule has 1 aromatic carbocycles. The molecular formula is C19H16F3N3O5S3. The molecule has 14 heteroatoms. The van der Waals surface area contributed by atoms with Crippen molar-refractivity contribution in [3.8, 4) is 5.75 Å². The van der Waals surface area contributed by atoms with Gasteiger partial charge in [0.25, 0.3) is 10.0 Å². The van der Waals surface area contributed by atoms with E-state index in [1.807, 2.05) is 0 Å². The summed E-state index contributed by atoms with van der Waals surface area (Å²) in [6, 6.07) is 6.67. The van der Waals surface area contributed by atoms with E-state index < -0.39 is 33.5 Å².